The molecule has 0 aliphatic heterocycles. The smallest absolute Gasteiger partial charge is 0.323 e. The fraction of sp³-hybridized carbons (Fsp3) is 0.133. The van der Waals surface area contributed by atoms with E-state index in [0.29, 0.717) is 0 Å². The van der Waals surface area contributed by atoms with Crippen molar-refractivity contribution in [2.24, 2.45) is 5.73 Å². The monoisotopic (exact) mass is 381 g/mol. The summed E-state index contributed by atoms with van der Waals surface area (Å²) in [4.78, 5) is 11.9. The first-order chi connectivity index (χ1) is 9.54. The Balaban J connectivity index is 1.97. The Bertz CT molecular complexity index is 596. The molecule has 0 saturated carbocycles. The van der Waals surface area contributed by atoms with Crippen molar-refractivity contribution in [1.29, 1.82) is 0 Å². The van der Waals surface area contributed by atoms with Gasteiger partial charge in [-0.05, 0) is 65.4 Å². The number of nitrogens with one attached hydrogen (secondary N) is 2. The van der Waals surface area contributed by atoms with Gasteiger partial charge in [-0.2, -0.15) is 0 Å². The molecule has 4 N–H and O–H groups in total. The molecule has 0 saturated heterocycles. The van der Waals surface area contributed by atoms with Crippen LogP contribution >= 0.6 is 22.6 Å². The van der Waals surface area contributed by atoms with Crippen LogP contribution in [-0.4, -0.2) is 6.03 Å². The van der Waals surface area contributed by atoms with Gasteiger partial charge in [0.2, 0.25) is 0 Å². The zero-order valence-corrected chi connectivity index (χ0v) is 13.2. The van der Waals surface area contributed by atoms with Crippen molar-refractivity contribution in [1.82, 2.24) is 0 Å². The summed E-state index contributed by atoms with van der Waals surface area (Å²) < 4.78 is 1.07. The SMILES string of the molecule is CC(N)c1ccc(NC(=O)Nc2cccc(I)c2)cc1. The maximum absolute atomic E-state index is 11.9. The molecule has 20 heavy (non-hydrogen) atoms. The van der Waals surface area contributed by atoms with Crippen LogP contribution in [0, 0.1) is 3.57 Å². The standard InChI is InChI=1S/C15H16IN3O/c1-10(17)11-5-7-13(8-6-11)18-15(20)19-14-4-2-3-12(16)9-14/h2-10H,17H2,1H3,(H2,18,19,20). The maximum Gasteiger partial charge on any atom is 0.323 e. The molecule has 0 aliphatic rings. The van der Waals surface area contributed by atoms with Crippen molar-refractivity contribution in [3.63, 3.8) is 0 Å². The first kappa shape index (κ1) is 14.8. The number of carbonyl (C=O) groups excluding carboxylic acids is 1. The highest BCUT2D eigenvalue weighted by Gasteiger charge is 2.04. The van der Waals surface area contributed by atoms with Crippen LogP contribution in [0.3, 0.4) is 0 Å². The van der Waals surface area contributed by atoms with Gasteiger partial charge in [0.05, 0.1) is 0 Å². The second kappa shape index (κ2) is 6.71. The third-order valence-corrected chi connectivity index (χ3v) is 3.45. The zero-order chi connectivity index (χ0) is 14.5. The molecule has 5 heteroatoms. The molecule has 0 aliphatic carbocycles. The van der Waals surface area contributed by atoms with E-state index in [0.717, 1.165) is 20.5 Å². The number of nitrogens with two attached hydrogens (primary N) is 1. The average molecular weight is 381 g/mol. The van der Waals surface area contributed by atoms with E-state index in [-0.39, 0.29) is 12.1 Å². The van der Waals surface area contributed by atoms with Crippen molar-refractivity contribution in [2.75, 3.05) is 10.6 Å². The molecule has 2 rings (SSSR count). The van der Waals surface area contributed by atoms with Crippen molar-refractivity contribution >= 4 is 40.0 Å². The van der Waals surface area contributed by atoms with Crippen LogP contribution in [-0.2, 0) is 0 Å². The normalized spacial score (nSPS) is 11.8. The number of halogens is 1. The van der Waals surface area contributed by atoms with Gasteiger partial charge in [0.1, 0.15) is 0 Å². The van der Waals surface area contributed by atoms with E-state index in [4.69, 9.17) is 5.73 Å². The summed E-state index contributed by atoms with van der Waals surface area (Å²) in [7, 11) is 0. The fourth-order valence-corrected chi connectivity index (χ4v) is 2.27. The van der Waals surface area contributed by atoms with Gasteiger partial charge in [-0.1, -0.05) is 18.2 Å². The molecule has 2 aromatic carbocycles. The summed E-state index contributed by atoms with van der Waals surface area (Å²) in [6.45, 7) is 1.92. The van der Waals surface area contributed by atoms with Gasteiger partial charge >= 0.3 is 6.03 Å². The Morgan fingerprint density at radius 2 is 1.75 bits per heavy atom. The lowest BCUT2D eigenvalue weighted by atomic mass is 10.1. The summed E-state index contributed by atoms with van der Waals surface area (Å²) in [5.74, 6) is 0. The van der Waals surface area contributed by atoms with Crippen LogP contribution in [0.15, 0.2) is 48.5 Å². The molecule has 1 atom stereocenters. The Labute approximate surface area is 131 Å². The first-order valence-electron chi connectivity index (χ1n) is 6.24. The molecule has 2 amide bonds. The predicted octanol–water partition coefficient (Wildman–Crippen LogP) is 3.95. The van der Waals surface area contributed by atoms with Gasteiger partial charge in [-0.25, -0.2) is 4.79 Å². The van der Waals surface area contributed by atoms with Crippen molar-refractivity contribution < 1.29 is 4.79 Å². The van der Waals surface area contributed by atoms with Crippen LogP contribution in [0.5, 0.6) is 0 Å². The van der Waals surface area contributed by atoms with Crippen LogP contribution in [0.25, 0.3) is 0 Å². The third kappa shape index (κ3) is 4.21. The minimum absolute atomic E-state index is 0.00993. The predicted molar refractivity (Wildman–Crippen MR) is 90.8 cm³/mol. The highest BCUT2D eigenvalue weighted by Crippen LogP contribution is 2.15. The largest absolute Gasteiger partial charge is 0.324 e. The molecule has 4 nitrogen and oxygen atoms in total. The summed E-state index contributed by atoms with van der Waals surface area (Å²) in [5.41, 5.74) is 8.32. The molecule has 0 bridgehead atoms. The van der Waals surface area contributed by atoms with Crippen molar-refractivity contribution in [3.8, 4) is 0 Å². The maximum atomic E-state index is 11.9. The lowest BCUT2D eigenvalue weighted by Crippen LogP contribution is -2.19. The van der Waals surface area contributed by atoms with Gasteiger partial charge < -0.3 is 16.4 Å². The van der Waals surface area contributed by atoms with Crippen LogP contribution < -0.4 is 16.4 Å². The molecule has 0 spiro atoms. The topological polar surface area (TPSA) is 67.1 Å². The quantitative estimate of drug-likeness (QED) is 0.705. The van der Waals surface area contributed by atoms with Crippen LogP contribution in [0.4, 0.5) is 16.2 Å². The van der Waals surface area contributed by atoms with E-state index in [1.807, 2.05) is 55.5 Å². The van der Waals surface area contributed by atoms with Crippen molar-refractivity contribution in [2.45, 2.75) is 13.0 Å². The van der Waals surface area contributed by atoms with Crippen molar-refractivity contribution in [3.05, 3.63) is 57.7 Å². The van der Waals surface area contributed by atoms with Gasteiger partial charge in [0.25, 0.3) is 0 Å². The second-order valence-corrected chi connectivity index (χ2v) is 5.75. The highest BCUT2D eigenvalue weighted by atomic mass is 127. The number of anilines is 2. The molecule has 104 valence electrons. The van der Waals surface area contributed by atoms with Gasteiger partial charge in [0.15, 0.2) is 0 Å². The lowest BCUT2D eigenvalue weighted by Gasteiger charge is -2.10. The molecule has 1 unspecified atom stereocenters. The van der Waals surface area contributed by atoms with Crippen LogP contribution in [0.2, 0.25) is 0 Å². The third-order valence-electron chi connectivity index (χ3n) is 2.78. The van der Waals surface area contributed by atoms with E-state index in [1.54, 1.807) is 0 Å². The molecule has 2 aromatic rings. The van der Waals surface area contributed by atoms with E-state index < -0.39 is 0 Å². The number of rotatable bonds is 3. The minimum atomic E-state index is -0.263. The van der Waals surface area contributed by atoms with Gasteiger partial charge in [-0.3, -0.25) is 0 Å². The number of hydrogen-bond acceptors (Lipinski definition) is 2. The summed E-state index contributed by atoms with van der Waals surface area (Å²) in [5, 5.41) is 5.57. The zero-order valence-electron chi connectivity index (χ0n) is 11.1. The summed E-state index contributed by atoms with van der Waals surface area (Å²) in [6, 6.07) is 14.8. The first-order valence-corrected chi connectivity index (χ1v) is 7.31. The molecule has 0 radical (unpaired) electrons. The lowest BCUT2D eigenvalue weighted by molar-refractivity contribution is 0.262. The number of benzene rings is 2. The molecular formula is C15H16IN3O. The minimum Gasteiger partial charge on any atom is -0.324 e. The second-order valence-electron chi connectivity index (χ2n) is 4.50. The van der Waals surface area contributed by atoms with E-state index in [1.165, 1.54) is 0 Å². The van der Waals surface area contributed by atoms with Gasteiger partial charge in [-0.15, -0.1) is 0 Å². The number of amides is 2. The molecule has 0 aromatic heterocycles. The summed E-state index contributed by atoms with van der Waals surface area (Å²) in [6.07, 6.45) is 0. The summed E-state index contributed by atoms with van der Waals surface area (Å²) >= 11 is 2.20. The fourth-order valence-electron chi connectivity index (χ4n) is 1.73. The Kier molecular flexibility index (Phi) is 4.97. The molecular weight excluding hydrogens is 365 g/mol. The number of urea groups is 1. The van der Waals surface area contributed by atoms with E-state index in [9.17, 15) is 4.79 Å². The Morgan fingerprint density at radius 1 is 1.10 bits per heavy atom. The molecule has 0 heterocycles. The van der Waals surface area contributed by atoms with Crippen LogP contribution in [0.1, 0.15) is 18.5 Å². The van der Waals surface area contributed by atoms with Gasteiger partial charge in [0, 0.05) is 21.0 Å². The average Bonchev–Trinajstić information content (AvgIpc) is 2.39. The Hall–Kier alpha value is -1.60. The molecule has 0 fully saturated rings. The number of carbonyl (C=O) groups is 1. The van der Waals surface area contributed by atoms with E-state index in [2.05, 4.69) is 33.2 Å². The van der Waals surface area contributed by atoms with E-state index >= 15 is 0 Å². The highest BCUT2D eigenvalue weighted by molar-refractivity contribution is 14.1. The Morgan fingerprint density at radius 3 is 2.35 bits per heavy atom. The number of hydrogen-bond donors (Lipinski definition) is 3.